The van der Waals surface area contributed by atoms with Crippen molar-refractivity contribution in [2.45, 2.75) is 13.8 Å². The van der Waals surface area contributed by atoms with Crippen molar-refractivity contribution in [3.05, 3.63) is 58.2 Å². The molecule has 0 aliphatic heterocycles. The third-order valence-electron chi connectivity index (χ3n) is 3.73. The lowest BCUT2D eigenvalue weighted by Gasteiger charge is -2.09. The Labute approximate surface area is 159 Å². The lowest BCUT2D eigenvalue weighted by molar-refractivity contribution is -0.118. The minimum absolute atomic E-state index is 0.0777. The maximum absolute atomic E-state index is 13.3. The van der Waals surface area contributed by atoms with E-state index >= 15 is 0 Å². The Balaban J connectivity index is 1.76. The number of anilines is 2. The molecule has 3 rings (SSSR count). The number of fused-ring (bicyclic) bond motifs is 1. The zero-order valence-electron chi connectivity index (χ0n) is 14.1. The Morgan fingerprint density at radius 1 is 1.04 bits per heavy atom. The number of thiophene rings is 1. The second-order valence-electron chi connectivity index (χ2n) is 6.06. The van der Waals surface area contributed by atoms with E-state index in [1.165, 1.54) is 12.1 Å². The van der Waals surface area contributed by atoms with E-state index in [0.717, 1.165) is 11.3 Å². The largest absolute Gasteiger partial charge is 0.326 e. The summed E-state index contributed by atoms with van der Waals surface area (Å²) in [5.74, 6) is -0.933. The summed E-state index contributed by atoms with van der Waals surface area (Å²) in [7, 11) is 0. The van der Waals surface area contributed by atoms with Crippen LogP contribution in [0, 0.1) is 11.7 Å². The average molecular weight is 391 g/mol. The molecule has 0 aliphatic carbocycles. The first-order valence-corrected chi connectivity index (χ1v) is 9.14. The fourth-order valence-corrected chi connectivity index (χ4v) is 3.73. The van der Waals surface area contributed by atoms with Gasteiger partial charge in [-0.25, -0.2) is 4.39 Å². The molecule has 134 valence electrons. The molecule has 0 saturated heterocycles. The molecule has 1 aromatic heterocycles. The van der Waals surface area contributed by atoms with Gasteiger partial charge in [0.05, 0.1) is 5.02 Å². The van der Waals surface area contributed by atoms with Crippen LogP contribution in [0.5, 0.6) is 0 Å². The fraction of sp³-hybridized carbons (Fsp3) is 0.158. The number of benzene rings is 2. The van der Waals surface area contributed by atoms with Crippen LogP contribution < -0.4 is 10.6 Å². The zero-order chi connectivity index (χ0) is 18.8. The average Bonchev–Trinajstić information content (AvgIpc) is 2.92. The van der Waals surface area contributed by atoms with Crippen LogP contribution in [0.2, 0.25) is 5.02 Å². The first-order valence-electron chi connectivity index (χ1n) is 7.95. The third kappa shape index (κ3) is 3.86. The highest BCUT2D eigenvalue weighted by atomic mass is 35.5. The molecule has 0 aliphatic rings. The van der Waals surface area contributed by atoms with Gasteiger partial charge in [0.1, 0.15) is 10.7 Å². The van der Waals surface area contributed by atoms with Crippen molar-refractivity contribution in [3.63, 3.8) is 0 Å². The summed E-state index contributed by atoms with van der Waals surface area (Å²) in [6, 6.07) is 11.0. The molecular weight excluding hydrogens is 375 g/mol. The van der Waals surface area contributed by atoms with Crippen LogP contribution in [0.25, 0.3) is 10.1 Å². The lowest BCUT2D eigenvalue weighted by Crippen LogP contribution is -2.17. The molecule has 0 radical (unpaired) electrons. The summed E-state index contributed by atoms with van der Waals surface area (Å²) in [4.78, 5) is 24.5. The number of halogens is 2. The quantitative estimate of drug-likeness (QED) is 0.614. The molecule has 7 heteroatoms. The maximum atomic E-state index is 13.3. The highest BCUT2D eigenvalue weighted by molar-refractivity contribution is 7.21. The molecule has 0 bridgehead atoms. The number of hydrogen-bond donors (Lipinski definition) is 2. The molecule has 3 aromatic rings. The van der Waals surface area contributed by atoms with Gasteiger partial charge >= 0.3 is 0 Å². The molecule has 4 nitrogen and oxygen atoms in total. The second kappa shape index (κ2) is 7.43. The van der Waals surface area contributed by atoms with Crippen LogP contribution in [0.15, 0.2) is 42.5 Å². The molecule has 2 aromatic carbocycles. The van der Waals surface area contributed by atoms with Gasteiger partial charge in [0, 0.05) is 27.4 Å². The van der Waals surface area contributed by atoms with Crippen molar-refractivity contribution in [2.75, 3.05) is 10.6 Å². The first kappa shape index (κ1) is 18.4. The monoisotopic (exact) mass is 390 g/mol. The Kier molecular flexibility index (Phi) is 5.25. The van der Waals surface area contributed by atoms with E-state index in [0.29, 0.717) is 31.4 Å². The summed E-state index contributed by atoms with van der Waals surface area (Å²) < 4.78 is 14.0. The minimum Gasteiger partial charge on any atom is -0.326 e. The van der Waals surface area contributed by atoms with Gasteiger partial charge in [0.2, 0.25) is 5.91 Å². The summed E-state index contributed by atoms with van der Waals surface area (Å²) in [6.07, 6.45) is 0. The van der Waals surface area contributed by atoms with Crippen LogP contribution in [0.4, 0.5) is 15.8 Å². The van der Waals surface area contributed by atoms with Crippen LogP contribution in [-0.2, 0) is 4.79 Å². The van der Waals surface area contributed by atoms with E-state index in [1.807, 2.05) is 13.8 Å². The van der Waals surface area contributed by atoms with Crippen molar-refractivity contribution >= 4 is 56.2 Å². The van der Waals surface area contributed by atoms with Gasteiger partial charge in [-0.05, 0) is 42.5 Å². The van der Waals surface area contributed by atoms with E-state index in [2.05, 4.69) is 10.6 Å². The standard InChI is InChI=1S/C19H16ClFN2O2S/c1-10(2)18(24)22-12-4-6-13(7-5-12)23-19(25)17-16(20)14-8-3-11(21)9-15(14)26-17/h3-10H,1-2H3,(H,22,24)(H,23,25). The van der Waals surface area contributed by atoms with Crippen LogP contribution in [0.1, 0.15) is 23.5 Å². The minimum atomic E-state index is -0.374. The molecule has 0 atom stereocenters. The number of carbonyl (C=O) groups excluding carboxylic acids is 2. The Morgan fingerprint density at radius 3 is 2.27 bits per heavy atom. The maximum Gasteiger partial charge on any atom is 0.267 e. The molecule has 0 spiro atoms. The SMILES string of the molecule is CC(C)C(=O)Nc1ccc(NC(=O)c2sc3cc(F)ccc3c2Cl)cc1. The number of rotatable bonds is 4. The van der Waals surface area contributed by atoms with E-state index in [1.54, 1.807) is 30.3 Å². The summed E-state index contributed by atoms with van der Waals surface area (Å²) in [5.41, 5.74) is 1.22. The number of nitrogens with one attached hydrogen (secondary N) is 2. The van der Waals surface area contributed by atoms with Gasteiger partial charge in [0.25, 0.3) is 5.91 Å². The van der Waals surface area contributed by atoms with E-state index < -0.39 is 0 Å². The summed E-state index contributed by atoms with van der Waals surface area (Å²) in [5, 5.41) is 6.49. The predicted octanol–water partition coefficient (Wildman–Crippen LogP) is 5.54. The van der Waals surface area contributed by atoms with Gasteiger partial charge in [-0.15, -0.1) is 11.3 Å². The van der Waals surface area contributed by atoms with Crippen molar-refractivity contribution in [1.82, 2.24) is 0 Å². The number of carbonyl (C=O) groups is 2. The first-order chi connectivity index (χ1) is 12.3. The molecule has 2 amide bonds. The molecule has 0 unspecified atom stereocenters. The van der Waals surface area contributed by atoms with Crippen LogP contribution >= 0.6 is 22.9 Å². The van der Waals surface area contributed by atoms with E-state index in [-0.39, 0.29) is 23.5 Å². The Bertz CT molecular complexity index is 983. The molecule has 26 heavy (non-hydrogen) atoms. The smallest absolute Gasteiger partial charge is 0.267 e. The Hall–Kier alpha value is -2.44. The number of amides is 2. The zero-order valence-corrected chi connectivity index (χ0v) is 15.7. The normalized spacial score (nSPS) is 11.0. The van der Waals surface area contributed by atoms with Gasteiger partial charge in [-0.1, -0.05) is 25.4 Å². The topological polar surface area (TPSA) is 58.2 Å². The lowest BCUT2D eigenvalue weighted by atomic mass is 10.2. The molecule has 0 saturated carbocycles. The van der Waals surface area contributed by atoms with Gasteiger partial charge < -0.3 is 10.6 Å². The van der Waals surface area contributed by atoms with Gasteiger partial charge in [0.15, 0.2) is 0 Å². The van der Waals surface area contributed by atoms with Crippen LogP contribution in [-0.4, -0.2) is 11.8 Å². The third-order valence-corrected chi connectivity index (χ3v) is 5.39. The molecular formula is C19H16ClFN2O2S. The van der Waals surface area contributed by atoms with Gasteiger partial charge in [-0.3, -0.25) is 9.59 Å². The van der Waals surface area contributed by atoms with Gasteiger partial charge in [-0.2, -0.15) is 0 Å². The van der Waals surface area contributed by atoms with Crippen molar-refractivity contribution in [1.29, 1.82) is 0 Å². The second-order valence-corrected chi connectivity index (χ2v) is 7.49. The molecule has 1 heterocycles. The van der Waals surface area contributed by atoms with Crippen LogP contribution in [0.3, 0.4) is 0 Å². The number of hydrogen-bond acceptors (Lipinski definition) is 3. The molecule has 0 fully saturated rings. The molecule has 2 N–H and O–H groups in total. The Morgan fingerprint density at radius 2 is 1.65 bits per heavy atom. The van der Waals surface area contributed by atoms with E-state index in [4.69, 9.17) is 11.6 Å². The summed E-state index contributed by atoms with van der Waals surface area (Å²) >= 11 is 7.40. The predicted molar refractivity (Wildman–Crippen MR) is 105 cm³/mol. The van der Waals surface area contributed by atoms with E-state index in [9.17, 15) is 14.0 Å². The highest BCUT2D eigenvalue weighted by Crippen LogP contribution is 2.36. The van der Waals surface area contributed by atoms with Crippen molar-refractivity contribution in [2.24, 2.45) is 5.92 Å². The highest BCUT2D eigenvalue weighted by Gasteiger charge is 2.17. The van der Waals surface area contributed by atoms with Crippen molar-refractivity contribution < 1.29 is 14.0 Å². The van der Waals surface area contributed by atoms with Crippen molar-refractivity contribution in [3.8, 4) is 0 Å². The summed E-state index contributed by atoms with van der Waals surface area (Å²) in [6.45, 7) is 3.62. The fourth-order valence-electron chi connectivity index (χ4n) is 2.30.